The lowest BCUT2D eigenvalue weighted by atomic mass is 9.70. The van der Waals surface area contributed by atoms with Gasteiger partial charge in [-0.2, -0.15) is 13.2 Å². The smallest absolute Gasteiger partial charge is 0.369 e. The summed E-state index contributed by atoms with van der Waals surface area (Å²) in [5, 5.41) is 2.64. The summed E-state index contributed by atoms with van der Waals surface area (Å²) in [5.41, 5.74) is 3.48. The van der Waals surface area contributed by atoms with Crippen LogP contribution in [0.25, 0.3) is 0 Å². The summed E-state index contributed by atoms with van der Waals surface area (Å²) in [5.74, 6) is -3.40. The summed E-state index contributed by atoms with van der Waals surface area (Å²) < 4.78 is 53.1. The highest BCUT2D eigenvalue weighted by atomic mass is 19.4. The van der Waals surface area contributed by atoms with Gasteiger partial charge in [0.1, 0.15) is 11.9 Å². The molecule has 0 saturated heterocycles. The van der Waals surface area contributed by atoms with E-state index in [9.17, 15) is 27.2 Å². The van der Waals surface area contributed by atoms with Gasteiger partial charge in [-0.3, -0.25) is 14.6 Å². The fourth-order valence-corrected chi connectivity index (χ4v) is 3.49. The number of amides is 1. The van der Waals surface area contributed by atoms with E-state index in [4.69, 9.17) is 5.73 Å². The molecule has 146 valence electrons. The highest BCUT2D eigenvalue weighted by molar-refractivity contribution is 5.92. The van der Waals surface area contributed by atoms with E-state index in [0.29, 0.717) is 6.42 Å². The lowest BCUT2D eigenvalue weighted by molar-refractivity contribution is -0.192. The highest BCUT2D eigenvalue weighted by Gasteiger charge is 2.49. The normalized spacial score (nSPS) is 26.2. The van der Waals surface area contributed by atoms with Gasteiger partial charge in [0.05, 0.1) is 5.92 Å². The standard InChI is InChI=1S/C16H22F4N4O2/c1-3-15(2,9-5-4-8(6-10(9)17)16(18,19)20)24-13(26)11-7-12(25)23-14(21)22-11/h7-10H,3-6H2,1-2H3,(H,24,26)(H3,21,22,23,25). The number of carbonyl (C=O) groups is 1. The molecule has 0 aliphatic heterocycles. The van der Waals surface area contributed by atoms with Gasteiger partial charge in [0.15, 0.2) is 0 Å². The summed E-state index contributed by atoms with van der Waals surface area (Å²) in [6, 6.07) is 0.954. The van der Waals surface area contributed by atoms with Crippen LogP contribution in [0.5, 0.6) is 0 Å². The number of anilines is 1. The number of nitrogen functional groups attached to an aromatic ring is 1. The Labute approximate surface area is 147 Å². The van der Waals surface area contributed by atoms with E-state index in [0.717, 1.165) is 6.07 Å². The minimum atomic E-state index is -4.42. The van der Waals surface area contributed by atoms with E-state index in [2.05, 4.69) is 15.3 Å². The molecule has 1 fully saturated rings. The van der Waals surface area contributed by atoms with Crippen molar-refractivity contribution in [3.05, 3.63) is 22.1 Å². The lowest BCUT2D eigenvalue weighted by Gasteiger charge is -2.43. The molecule has 1 aromatic rings. The molecule has 0 aromatic carbocycles. The molecule has 10 heteroatoms. The minimum Gasteiger partial charge on any atom is -0.369 e. The van der Waals surface area contributed by atoms with Crippen molar-refractivity contribution >= 4 is 11.9 Å². The Hall–Kier alpha value is -2.13. The van der Waals surface area contributed by atoms with Gasteiger partial charge in [-0.1, -0.05) is 6.92 Å². The predicted octanol–water partition coefficient (Wildman–Crippen LogP) is 2.57. The van der Waals surface area contributed by atoms with Crippen LogP contribution in [0.3, 0.4) is 0 Å². The van der Waals surface area contributed by atoms with Crippen molar-refractivity contribution in [1.82, 2.24) is 15.3 Å². The zero-order valence-corrected chi connectivity index (χ0v) is 14.5. The molecule has 0 radical (unpaired) electrons. The Morgan fingerprint density at radius 2 is 2.08 bits per heavy atom. The van der Waals surface area contributed by atoms with E-state index < -0.39 is 47.6 Å². The van der Waals surface area contributed by atoms with Crippen LogP contribution in [0.4, 0.5) is 23.5 Å². The van der Waals surface area contributed by atoms with Crippen LogP contribution in [0.1, 0.15) is 50.0 Å². The first-order valence-electron chi connectivity index (χ1n) is 8.36. The fraction of sp³-hybridized carbons (Fsp3) is 0.688. The molecule has 1 aromatic heterocycles. The van der Waals surface area contributed by atoms with Crippen LogP contribution in [-0.2, 0) is 0 Å². The Balaban J connectivity index is 2.17. The van der Waals surface area contributed by atoms with Crippen molar-refractivity contribution in [1.29, 1.82) is 0 Å². The zero-order valence-electron chi connectivity index (χ0n) is 14.5. The molecule has 1 amide bonds. The first-order valence-corrected chi connectivity index (χ1v) is 8.36. The number of H-pyrrole nitrogens is 1. The molecule has 1 heterocycles. The molecule has 1 aliphatic carbocycles. The zero-order chi connectivity index (χ0) is 19.7. The number of aromatic nitrogens is 2. The summed E-state index contributed by atoms with van der Waals surface area (Å²) in [6.07, 6.45) is -6.61. The molecule has 1 saturated carbocycles. The van der Waals surface area contributed by atoms with Crippen molar-refractivity contribution in [3.8, 4) is 0 Å². The fourth-order valence-electron chi connectivity index (χ4n) is 3.49. The molecule has 0 spiro atoms. The SMILES string of the molecule is CCC(C)(NC(=O)c1cc(=O)[nH]c(N)n1)C1CCC(C(F)(F)F)CC1F. The van der Waals surface area contributed by atoms with E-state index >= 15 is 0 Å². The molecule has 0 bridgehead atoms. The maximum atomic E-state index is 14.5. The highest BCUT2D eigenvalue weighted by Crippen LogP contribution is 2.44. The van der Waals surface area contributed by atoms with E-state index in [1.54, 1.807) is 13.8 Å². The van der Waals surface area contributed by atoms with E-state index in [1.165, 1.54) is 0 Å². The van der Waals surface area contributed by atoms with Gasteiger partial charge in [0.25, 0.3) is 11.5 Å². The Morgan fingerprint density at radius 1 is 1.42 bits per heavy atom. The number of halogens is 4. The van der Waals surface area contributed by atoms with Crippen LogP contribution < -0.4 is 16.6 Å². The summed E-state index contributed by atoms with van der Waals surface area (Å²) >= 11 is 0. The van der Waals surface area contributed by atoms with Crippen molar-refractivity contribution in [3.63, 3.8) is 0 Å². The van der Waals surface area contributed by atoms with Crippen molar-refractivity contribution < 1.29 is 22.4 Å². The first-order chi connectivity index (χ1) is 12.0. The number of aromatic amines is 1. The number of nitrogens with one attached hydrogen (secondary N) is 2. The largest absolute Gasteiger partial charge is 0.391 e. The van der Waals surface area contributed by atoms with Gasteiger partial charge in [0.2, 0.25) is 5.95 Å². The minimum absolute atomic E-state index is 0.000897. The van der Waals surface area contributed by atoms with Gasteiger partial charge in [-0.15, -0.1) is 0 Å². The third kappa shape index (κ3) is 4.34. The van der Waals surface area contributed by atoms with Gasteiger partial charge in [-0.25, -0.2) is 9.37 Å². The van der Waals surface area contributed by atoms with Gasteiger partial charge < -0.3 is 11.1 Å². The molecular formula is C16H22F4N4O2. The quantitative estimate of drug-likeness (QED) is 0.701. The van der Waals surface area contributed by atoms with Crippen LogP contribution in [0.15, 0.2) is 10.9 Å². The number of hydrogen-bond donors (Lipinski definition) is 3. The molecule has 1 aliphatic rings. The monoisotopic (exact) mass is 378 g/mol. The number of hydrogen-bond acceptors (Lipinski definition) is 4. The van der Waals surface area contributed by atoms with Crippen molar-refractivity contribution in [2.75, 3.05) is 5.73 Å². The Morgan fingerprint density at radius 3 is 2.58 bits per heavy atom. The average molecular weight is 378 g/mol. The number of alkyl halides is 4. The second-order valence-corrected chi connectivity index (χ2v) is 6.92. The molecule has 2 rings (SSSR count). The number of carbonyl (C=O) groups excluding carboxylic acids is 1. The topological polar surface area (TPSA) is 101 Å². The maximum Gasteiger partial charge on any atom is 0.391 e. The third-order valence-corrected chi connectivity index (χ3v) is 5.18. The average Bonchev–Trinajstić information content (AvgIpc) is 2.52. The predicted molar refractivity (Wildman–Crippen MR) is 87.2 cm³/mol. The molecule has 4 N–H and O–H groups in total. The molecule has 6 nitrogen and oxygen atoms in total. The third-order valence-electron chi connectivity index (χ3n) is 5.18. The summed E-state index contributed by atoms with van der Waals surface area (Å²) in [6.45, 7) is 3.30. The van der Waals surface area contributed by atoms with Crippen LogP contribution in [0, 0.1) is 11.8 Å². The number of rotatable bonds is 4. The van der Waals surface area contributed by atoms with Gasteiger partial charge >= 0.3 is 6.18 Å². The molecule has 4 atom stereocenters. The van der Waals surface area contributed by atoms with Gasteiger partial charge in [-0.05, 0) is 32.6 Å². The number of nitrogens with zero attached hydrogens (tertiary/aromatic N) is 1. The summed E-state index contributed by atoms with van der Waals surface area (Å²) in [7, 11) is 0. The molecular weight excluding hydrogens is 356 g/mol. The second-order valence-electron chi connectivity index (χ2n) is 6.92. The van der Waals surface area contributed by atoms with E-state index in [-0.39, 0.29) is 24.5 Å². The Bertz CT molecular complexity index is 721. The van der Waals surface area contributed by atoms with Crippen LogP contribution in [0.2, 0.25) is 0 Å². The van der Waals surface area contributed by atoms with Crippen LogP contribution >= 0.6 is 0 Å². The van der Waals surface area contributed by atoms with Gasteiger partial charge in [0, 0.05) is 17.5 Å². The summed E-state index contributed by atoms with van der Waals surface area (Å²) in [4.78, 5) is 29.7. The maximum absolute atomic E-state index is 14.5. The van der Waals surface area contributed by atoms with Crippen molar-refractivity contribution in [2.45, 2.75) is 57.4 Å². The molecule has 26 heavy (non-hydrogen) atoms. The van der Waals surface area contributed by atoms with Crippen molar-refractivity contribution in [2.24, 2.45) is 11.8 Å². The Kier molecular flexibility index (Phi) is 5.62. The number of nitrogens with two attached hydrogens (primary N) is 1. The van der Waals surface area contributed by atoms with E-state index in [1.807, 2.05) is 0 Å². The molecule has 4 unspecified atom stereocenters. The first kappa shape index (κ1) is 20.2. The van der Waals surface area contributed by atoms with Crippen LogP contribution in [-0.4, -0.2) is 33.8 Å². The second kappa shape index (κ2) is 7.24. The lowest BCUT2D eigenvalue weighted by Crippen LogP contribution is -2.56.